The number of thiazole rings is 1. The maximum Gasteiger partial charge on any atom is 0.271 e. The van der Waals surface area contributed by atoms with Gasteiger partial charge in [0.25, 0.3) is 5.91 Å². The van der Waals surface area contributed by atoms with Crippen molar-refractivity contribution < 1.29 is 4.79 Å². The molecule has 1 atom stereocenters. The van der Waals surface area contributed by atoms with E-state index in [1.807, 2.05) is 51.2 Å². The van der Waals surface area contributed by atoms with Gasteiger partial charge >= 0.3 is 0 Å². The summed E-state index contributed by atoms with van der Waals surface area (Å²) in [6.07, 6.45) is 3.03. The van der Waals surface area contributed by atoms with Crippen LogP contribution in [0.25, 0.3) is 16.2 Å². The zero-order valence-corrected chi connectivity index (χ0v) is 16.1. The SMILES string of the molecule is CCN(CC)[C@@H]1CCN(C(=O)c2csc3nc(-c4ccccc4)cn23)C1. The van der Waals surface area contributed by atoms with Gasteiger partial charge in [-0.1, -0.05) is 44.2 Å². The van der Waals surface area contributed by atoms with Gasteiger partial charge in [0, 0.05) is 36.3 Å². The number of aromatic nitrogens is 2. The van der Waals surface area contributed by atoms with E-state index in [4.69, 9.17) is 0 Å². The van der Waals surface area contributed by atoms with E-state index in [0.717, 1.165) is 54.5 Å². The van der Waals surface area contributed by atoms with Crippen LogP contribution in [0.1, 0.15) is 30.8 Å². The van der Waals surface area contributed by atoms with Crippen LogP contribution in [0.3, 0.4) is 0 Å². The van der Waals surface area contributed by atoms with Crippen LogP contribution >= 0.6 is 11.3 Å². The van der Waals surface area contributed by atoms with Crippen molar-refractivity contribution in [2.24, 2.45) is 0 Å². The summed E-state index contributed by atoms with van der Waals surface area (Å²) in [4.78, 5) is 23.1. The molecule has 0 bridgehead atoms. The van der Waals surface area contributed by atoms with Crippen LogP contribution in [0, 0.1) is 0 Å². The number of carbonyl (C=O) groups excluding carboxylic acids is 1. The smallest absolute Gasteiger partial charge is 0.271 e. The first-order chi connectivity index (χ1) is 12.7. The van der Waals surface area contributed by atoms with Crippen LogP contribution in [0.5, 0.6) is 0 Å². The maximum absolute atomic E-state index is 13.1. The van der Waals surface area contributed by atoms with Gasteiger partial charge in [0.05, 0.1) is 5.69 Å². The number of likely N-dealkylation sites (tertiary alicyclic amines) is 1. The Hall–Kier alpha value is -2.18. The highest BCUT2D eigenvalue weighted by Crippen LogP contribution is 2.25. The lowest BCUT2D eigenvalue weighted by Gasteiger charge is -2.26. The standard InChI is InChI=1S/C20H24N4OS/c1-3-22(4-2)16-10-11-23(12-16)19(25)18-14-26-20-21-17(13-24(18)20)15-8-6-5-7-9-15/h5-9,13-14,16H,3-4,10-12H2,1-2H3/t16-/m1/s1. The zero-order valence-electron chi connectivity index (χ0n) is 15.3. The van der Waals surface area contributed by atoms with Crippen molar-refractivity contribution in [2.75, 3.05) is 26.2 Å². The number of imidazole rings is 1. The molecule has 1 fully saturated rings. The molecule has 0 radical (unpaired) electrons. The first kappa shape index (κ1) is 17.2. The Bertz CT molecular complexity index is 897. The second-order valence-corrected chi connectivity index (χ2v) is 7.52. The highest BCUT2D eigenvalue weighted by atomic mass is 32.1. The molecule has 136 valence electrons. The molecule has 1 aromatic carbocycles. The van der Waals surface area contributed by atoms with Gasteiger partial charge in [0.15, 0.2) is 4.96 Å². The monoisotopic (exact) mass is 368 g/mol. The highest BCUT2D eigenvalue weighted by molar-refractivity contribution is 7.15. The molecule has 2 aromatic heterocycles. The summed E-state index contributed by atoms with van der Waals surface area (Å²) in [5.74, 6) is 0.114. The Labute approximate surface area is 157 Å². The fourth-order valence-corrected chi connectivity index (χ4v) is 4.66. The summed E-state index contributed by atoms with van der Waals surface area (Å²) in [6, 6.07) is 10.6. The third kappa shape index (κ3) is 3.04. The third-order valence-electron chi connectivity index (χ3n) is 5.28. The third-order valence-corrected chi connectivity index (χ3v) is 6.12. The average Bonchev–Trinajstić information content (AvgIpc) is 3.39. The van der Waals surface area contributed by atoms with Crippen LogP contribution < -0.4 is 0 Å². The molecule has 5 nitrogen and oxygen atoms in total. The van der Waals surface area contributed by atoms with E-state index in [-0.39, 0.29) is 5.91 Å². The summed E-state index contributed by atoms with van der Waals surface area (Å²) in [5.41, 5.74) is 2.71. The minimum Gasteiger partial charge on any atom is -0.336 e. The molecule has 6 heteroatoms. The highest BCUT2D eigenvalue weighted by Gasteiger charge is 2.31. The lowest BCUT2D eigenvalue weighted by atomic mass is 10.2. The second-order valence-electron chi connectivity index (χ2n) is 6.68. The number of hydrogen-bond acceptors (Lipinski definition) is 4. The lowest BCUT2D eigenvalue weighted by Crippen LogP contribution is -2.38. The van der Waals surface area contributed by atoms with E-state index in [1.165, 1.54) is 11.3 Å². The predicted molar refractivity (Wildman–Crippen MR) is 106 cm³/mol. The van der Waals surface area contributed by atoms with Crippen molar-refractivity contribution in [1.82, 2.24) is 19.2 Å². The molecule has 1 aliphatic heterocycles. The molecule has 1 aliphatic rings. The van der Waals surface area contributed by atoms with Crippen LogP contribution in [0.2, 0.25) is 0 Å². The normalized spacial score (nSPS) is 17.5. The Morgan fingerprint density at radius 3 is 2.77 bits per heavy atom. The first-order valence-electron chi connectivity index (χ1n) is 9.26. The number of carbonyl (C=O) groups is 1. The molecule has 0 saturated carbocycles. The Morgan fingerprint density at radius 2 is 2.04 bits per heavy atom. The number of fused-ring (bicyclic) bond motifs is 1. The van der Waals surface area contributed by atoms with Crippen LogP contribution in [0.15, 0.2) is 41.9 Å². The van der Waals surface area contributed by atoms with Gasteiger partial charge < -0.3 is 4.90 Å². The van der Waals surface area contributed by atoms with Crippen molar-refractivity contribution in [3.05, 3.63) is 47.6 Å². The van der Waals surface area contributed by atoms with Gasteiger partial charge in [0.1, 0.15) is 5.69 Å². The summed E-state index contributed by atoms with van der Waals surface area (Å²) in [7, 11) is 0. The van der Waals surface area contributed by atoms with E-state index in [1.54, 1.807) is 0 Å². The number of amides is 1. The summed E-state index contributed by atoms with van der Waals surface area (Å²) in [5, 5.41) is 1.93. The molecule has 3 heterocycles. The van der Waals surface area contributed by atoms with E-state index in [2.05, 4.69) is 23.7 Å². The molecular weight excluding hydrogens is 344 g/mol. The number of hydrogen-bond donors (Lipinski definition) is 0. The first-order valence-corrected chi connectivity index (χ1v) is 10.1. The molecule has 26 heavy (non-hydrogen) atoms. The van der Waals surface area contributed by atoms with Crippen molar-refractivity contribution in [3.8, 4) is 11.3 Å². The number of likely N-dealkylation sites (N-methyl/N-ethyl adjacent to an activating group) is 1. The van der Waals surface area contributed by atoms with Crippen LogP contribution in [0.4, 0.5) is 0 Å². The average molecular weight is 369 g/mol. The molecule has 0 N–H and O–H groups in total. The minimum absolute atomic E-state index is 0.114. The lowest BCUT2D eigenvalue weighted by molar-refractivity contribution is 0.0771. The Kier molecular flexibility index (Phi) is 4.78. The Balaban J connectivity index is 1.57. The minimum atomic E-state index is 0.114. The number of rotatable bonds is 5. The number of nitrogens with zero attached hydrogens (tertiary/aromatic N) is 4. The topological polar surface area (TPSA) is 40.8 Å². The van der Waals surface area contributed by atoms with Crippen molar-refractivity contribution in [2.45, 2.75) is 26.3 Å². The summed E-state index contributed by atoms with van der Waals surface area (Å²) in [6.45, 7) is 8.09. The maximum atomic E-state index is 13.1. The van der Waals surface area contributed by atoms with Gasteiger partial charge in [-0.2, -0.15) is 0 Å². The van der Waals surface area contributed by atoms with Gasteiger partial charge in [-0.25, -0.2) is 4.98 Å². The van der Waals surface area contributed by atoms with E-state index in [0.29, 0.717) is 6.04 Å². The van der Waals surface area contributed by atoms with E-state index < -0.39 is 0 Å². The predicted octanol–water partition coefficient (Wildman–Crippen LogP) is 3.62. The molecule has 3 aromatic rings. The van der Waals surface area contributed by atoms with Crippen molar-refractivity contribution in [1.29, 1.82) is 0 Å². The van der Waals surface area contributed by atoms with Gasteiger partial charge in [-0.05, 0) is 19.5 Å². The van der Waals surface area contributed by atoms with Gasteiger partial charge in [0.2, 0.25) is 0 Å². The van der Waals surface area contributed by atoms with Crippen molar-refractivity contribution >= 4 is 22.2 Å². The molecule has 1 saturated heterocycles. The molecule has 1 amide bonds. The molecule has 0 aliphatic carbocycles. The summed E-state index contributed by atoms with van der Waals surface area (Å²) < 4.78 is 1.94. The molecule has 4 rings (SSSR count). The zero-order chi connectivity index (χ0) is 18.1. The number of benzene rings is 1. The molecule has 0 unspecified atom stereocenters. The van der Waals surface area contributed by atoms with E-state index >= 15 is 0 Å². The quantitative estimate of drug-likeness (QED) is 0.691. The molecular formula is C20H24N4OS. The van der Waals surface area contributed by atoms with Gasteiger partial charge in [-0.15, -0.1) is 11.3 Å². The van der Waals surface area contributed by atoms with Crippen molar-refractivity contribution in [3.63, 3.8) is 0 Å². The van der Waals surface area contributed by atoms with Crippen LogP contribution in [-0.2, 0) is 0 Å². The molecule has 0 spiro atoms. The Morgan fingerprint density at radius 1 is 1.27 bits per heavy atom. The van der Waals surface area contributed by atoms with Gasteiger partial charge in [-0.3, -0.25) is 14.1 Å². The fourth-order valence-electron chi connectivity index (χ4n) is 3.81. The summed E-state index contributed by atoms with van der Waals surface area (Å²) >= 11 is 1.53. The largest absolute Gasteiger partial charge is 0.336 e. The van der Waals surface area contributed by atoms with Crippen LogP contribution in [-0.4, -0.2) is 57.3 Å². The second kappa shape index (κ2) is 7.21. The van der Waals surface area contributed by atoms with E-state index in [9.17, 15) is 4.79 Å². The fraction of sp³-hybridized carbons (Fsp3) is 0.400.